The molecule has 0 bridgehead atoms. The van der Waals surface area contributed by atoms with E-state index in [0.717, 1.165) is 11.5 Å². The average molecular weight is 262 g/mol. The molecule has 2 aromatic carbocycles. The molecular weight excluding hydrogens is 251 g/mol. The van der Waals surface area contributed by atoms with E-state index in [-0.39, 0.29) is 0 Å². The topological polar surface area (TPSA) is 18.5 Å². The molecule has 15 heavy (non-hydrogen) atoms. The fourth-order valence-corrected chi connectivity index (χ4v) is 2.16. The first-order valence-corrected chi connectivity index (χ1v) is 6.35. The number of hydrogen-bond acceptors (Lipinski definition) is 2. The van der Waals surface area contributed by atoms with Crippen molar-refractivity contribution in [1.29, 1.82) is 0 Å². The van der Waals surface area contributed by atoms with Crippen LogP contribution in [0.15, 0.2) is 60.7 Å². The molecule has 0 aromatic heterocycles. The molecule has 76 valence electrons. The predicted molar refractivity (Wildman–Crippen MR) is 61.3 cm³/mol. The van der Waals surface area contributed by atoms with Crippen molar-refractivity contribution in [2.45, 2.75) is 0 Å². The fourth-order valence-electron chi connectivity index (χ4n) is 1.09. The SMILES string of the molecule is c1ccc(O[AsH]Oc2ccccc2)cc1. The van der Waals surface area contributed by atoms with Gasteiger partial charge in [-0.3, -0.25) is 0 Å². The van der Waals surface area contributed by atoms with Crippen molar-refractivity contribution in [3.05, 3.63) is 60.7 Å². The van der Waals surface area contributed by atoms with Gasteiger partial charge in [0.25, 0.3) is 0 Å². The van der Waals surface area contributed by atoms with E-state index in [1.54, 1.807) is 0 Å². The molecule has 0 radical (unpaired) electrons. The molecule has 0 aliphatic rings. The van der Waals surface area contributed by atoms with E-state index in [1.165, 1.54) is 0 Å². The normalized spacial score (nSPS) is 9.60. The third kappa shape index (κ3) is 3.34. The van der Waals surface area contributed by atoms with Crippen molar-refractivity contribution >= 4 is 16.4 Å². The van der Waals surface area contributed by atoms with Gasteiger partial charge in [0.2, 0.25) is 0 Å². The van der Waals surface area contributed by atoms with Crippen LogP contribution in [0.25, 0.3) is 0 Å². The minimum atomic E-state index is -0.864. The molecule has 0 N–H and O–H groups in total. The number of benzene rings is 2. The van der Waals surface area contributed by atoms with Crippen LogP contribution in [0.1, 0.15) is 0 Å². The van der Waals surface area contributed by atoms with Gasteiger partial charge >= 0.3 is 96.0 Å². The zero-order chi connectivity index (χ0) is 10.3. The van der Waals surface area contributed by atoms with Gasteiger partial charge in [0.1, 0.15) is 0 Å². The molecule has 0 amide bonds. The third-order valence-corrected chi connectivity index (χ3v) is 3.14. The summed E-state index contributed by atoms with van der Waals surface area (Å²) in [5.41, 5.74) is 0. The fraction of sp³-hybridized carbons (Fsp3) is 0. The van der Waals surface area contributed by atoms with E-state index in [2.05, 4.69) is 0 Å². The maximum absolute atomic E-state index is 5.51. The summed E-state index contributed by atoms with van der Waals surface area (Å²) in [4.78, 5) is 0. The Kier molecular flexibility index (Phi) is 3.69. The van der Waals surface area contributed by atoms with Crippen LogP contribution in [-0.4, -0.2) is 16.4 Å². The first-order valence-electron chi connectivity index (χ1n) is 4.64. The Labute approximate surface area is 96.2 Å². The third-order valence-electron chi connectivity index (χ3n) is 1.81. The van der Waals surface area contributed by atoms with E-state index >= 15 is 0 Å². The Hall–Kier alpha value is -1.40. The van der Waals surface area contributed by atoms with Gasteiger partial charge in [-0.15, -0.1) is 0 Å². The summed E-state index contributed by atoms with van der Waals surface area (Å²) in [6, 6.07) is 19.4. The minimum absolute atomic E-state index is 0.864. The van der Waals surface area contributed by atoms with E-state index in [0.29, 0.717) is 0 Å². The van der Waals surface area contributed by atoms with E-state index in [9.17, 15) is 0 Å². The van der Waals surface area contributed by atoms with E-state index in [1.807, 2.05) is 60.7 Å². The zero-order valence-electron chi connectivity index (χ0n) is 8.09. The Bertz CT molecular complexity index is 349. The monoisotopic (exact) mass is 262 g/mol. The number of hydrogen-bond donors (Lipinski definition) is 0. The Morgan fingerprint density at radius 2 is 1.00 bits per heavy atom. The van der Waals surface area contributed by atoms with Crippen LogP contribution < -0.4 is 7.45 Å². The molecular formula is C12H11AsO2. The van der Waals surface area contributed by atoms with Gasteiger partial charge in [-0.05, 0) is 0 Å². The maximum atomic E-state index is 5.51. The van der Waals surface area contributed by atoms with Gasteiger partial charge in [0.15, 0.2) is 0 Å². The standard InChI is InChI=1S/C12H11AsO2/c1-3-7-11(8-4-1)14-13-15-12-9-5-2-6-10-12/h1-10,13H. The van der Waals surface area contributed by atoms with Gasteiger partial charge < -0.3 is 0 Å². The molecule has 0 atom stereocenters. The van der Waals surface area contributed by atoms with Crippen LogP contribution >= 0.6 is 0 Å². The van der Waals surface area contributed by atoms with Crippen molar-refractivity contribution in [2.24, 2.45) is 0 Å². The van der Waals surface area contributed by atoms with Gasteiger partial charge in [0, 0.05) is 0 Å². The predicted octanol–water partition coefficient (Wildman–Crippen LogP) is 2.41. The average Bonchev–Trinajstić information content (AvgIpc) is 2.32. The molecule has 2 nitrogen and oxygen atoms in total. The van der Waals surface area contributed by atoms with E-state index < -0.39 is 16.4 Å². The molecule has 0 aliphatic heterocycles. The van der Waals surface area contributed by atoms with Crippen molar-refractivity contribution in [2.75, 3.05) is 0 Å². The first kappa shape index (κ1) is 10.1. The second kappa shape index (κ2) is 5.47. The van der Waals surface area contributed by atoms with Crippen LogP contribution in [0.3, 0.4) is 0 Å². The van der Waals surface area contributed by atoms with Crippen LogP contribution in [0.4, 0.5) is 0 Å². The van der Waals surface area contributed by atoms with Crippen LogP contribution in [0.5, 0.6) is 11.5 Å². The molecule has 2 aromatic rings. The summed E-state index contributed by atoms with van der Waals surface area (Å²) in [5.74, 6) is 1.74. The van der Waals surface area contributed by atoms with Crippen molar-refractivity contribution in [1.82, 2.24) is 0 Å². The van der Waals surface area contributed by atoms with Crippen LogP contribution in [-0.2, 0) is 0 Å². The summed E-state index contributed by atoms with van der Waals surface area (Å²) in [7, 11) is 0. The zero-order valence-corrected chi connectivity index (χ0v) is 10.2. The summed E-state index contributed by atoms with van der Waals surface area (Å²) < 4.78 is 11.0. The summed E-state index contributed by atoms with van der Waals surface area (Å²) in [6.07, 6.45) is 0. The Morgan fingerprint density at radius 1 is 0.600 bits per heavy atom. The molecule has 2 rings (SSSR count). The summed E-state index contributed by atoms with van der Waals surface area (Å²) >= 11 is -0.864. The molecule has 0 unspecified atom stereocenters. The Morgan fingerprint density at radius 3 is 1.40 bits per heavy atom. The summed E-state index contributed by atoms with van der Waals surface area (Å²) in [6.45, 7) is 0. The van der Waals surface area contributed by atoms with Gasteiger partial charge in [-0.25, -0.2) is 0 Å². The van der Waals surface area contributed by atoms with Crippen molar-refractivity contribution in [3.63, 3.8) is 0 Å². The molecule has 0 heterocycles. The molecule has 0 fully saturated rings. The number of rotatable bonds is 4. The van der Waals surface area contributed by atoms with E-state index in [4.69, 9.17) is 7.45 Å². The van der Waals surface area contributed by atoms with Gasteiger partial charge in [-0.1, -0.05) is 0 Å². The molecule has 3 heteroatoms. The van der Waals surface area contributed by atoms with Gasteiger partial charge in [-0.2, -0.15) is 0 Å². The second-order valence-electron chi connectivity index (χ2n) is 2.91. The summed E-state index contributed by atoms with van der Waals surface area (Å²) in [5, 5.41) is 0. The molecule has 0 aliphatic carbocycles. The van der Waals surface area contributed by atoms with Crippen molar-refractivity contribution < 1.29 is 7.45 Å². The van der Waals surface area contributed by atoms with Crippen molar-refractivity contribution in [3.8, 4) is 11.5 Å². The van der Waals surface area contributed by atoms with Crippen LogP contribution in [0.2, 0.25) is 0 Å². The first-order chi connectivity index (χ1) is 7.45. The second-order valence-corrected chi connectivity index (χ2v) is 4.12. The quantitative estimate of drug-likeness (QED) is 0.788. The van der Waals surface area contributed by atoms with Crippen LogP contribution in [0, 0.1) is 0 Å². The molecule has 0 spiro atoms. The number of para-hydroxylation sites is 2. The molecule has 0 saturated carbocycles. The Balaban J connectivity index is 1.81. The van der Waals surface area contributed by atoms with Gasteiger partial charge in [0.05, 0.1) is 0 Å². The molecule has 0 saturated heterocycles.